The van der Waals surface area contributed by atoms with Crippen LogP contribution in [0.4, 0.5) is 5.69 Å². The first kappa shape index (κ1) is 48.4. The topological polar surface area (TPSA) is 57.2 Å². The molecule has 0 unspecified atom stereocenters. The molecule has 4 aliphatic carbocycles. The lowest BCUT2D eigenvalue weighted by atomic mass is 9.68. The van der Waals surface area contributed by atoms with Gasteiger partial charge in [0, 0.05) is 63.0 Å². The fourth-order valence-corrected chi connectivity index (χ4v) is 12.8. The molecule has 346 valence electrons. The summed E-state index contributed by atoms with van der Waals surface area (Å²) in [6, 6.07) is 25.6. The molecule has 0 N–H and O–H groups in total. The summed E-state index contributed by atoms with van der Waals surface area (Å²) < 4.78 is 25.9. The zero-order valence-electron chi connectivity index (χ0n) is 37.9. The maximum atomic E-state index is 10.4. The highest BCUT2D eigenvalue weighted by molar-refractivity contribution is 9.10. The van der Waals surface area contributed by atoms with E-state index in [1.807, 2.05) is 18.2 Å². The number of benzene rings is 4. The van der Waals surface area contributed by atoms with Crippen LogP contribution in [0.3, 0.4) is 0 Å². The van der Waals surface area contributed by atoms with Crippen molar-refractivity contribution in [1.29, 1.82) is 0 Å². The van der Waals surface area contributed by atoms with Crippen LogP contribution < -0.4 is 14.4 Å². The fraction of sp³-hybridized carbons (Fsp3) is 0.473. The number of halogens is 4. The quantitative estimate of drug-likeness (QED) is 0.123. The van der Waals surface area contributed by atoms with Crippen molar-refractivity contribution < 1.29 is 23.7 Å². The van der Waals surface area contributed by atoms with E-state index in [-0.39, 0.29) is 29.0 Å². The van der Waals surface area contributed by atoms with Gasteiger partial charge in [0.15, 0.2) is 0 Å². The lowest BCUT2D eigenvalue weighted by Crippen LogP contribution is -2.49. The molecule has 4 aromatic carbocycles. The van der Waals surface area contributed by atoms with Crippen LogP contribution in [0.25, 0.3) is 0 Å². The molecule has 6 aliphatic rings. The lowest BCUT2D eigenvalue weighted by molar-refractivity contribution is -0.118. The van der Waals surface area contributed by atoms with Gasteiger partial charge in [-0.05, 0) is 183 Å². The van der Waals surface area contributed by atoms with E-state index in [1.165, 1.54) is 65.6 Å². The second-order valence-corrected chi connectivity index (χ2v) is 21.8. The molecule has 0 bridgehead atoms. The molecule has 4 aromatic rings. The number of ether oxygens (including phenoxy) is 4. The van der Waals surface area contributed by atoms with Crippen molar-refractivity contribution in [2.24, 2.45) is 23.7 Å². The molecular weight excluding hydrogens is 985 g/mol. The van der Waals surface area contributed by atoms with Gasteiger partial charge in [-0.15, -0.1) is 13.2 Å². The number of fused-ring (bicyclic) bond motifs is 6. The second kappa shape index (κ2) is 21.5. The van der Waals surface area contributed by atoms with E-state index in [2.05, 4.69) is 111 Å². The number of nitrogens with zero attached hydrogens (tertiary/aromatic N) is 1. The summed E-state index contributed by atoms with van der Waals surface area (Å²) in [4.78, 5) is 13.0. The first-order chi connectivity index (χ1) is 31.5. The Labute approximate surface area is 413 Å². The van der Waals surface area contributed by atoms with Crippen molar-refractivity contribution in [3.05, 3.63) is 145 Å². The van der Waals surface area contributed by atoms with Crippen LogP contribution in [0, 0.1) is 23.7 Å². The largest absolute Gasteiger partial charge is 0.492 e. The standard InChI is InChI=1S/C27H31BrClNO2.C19H18BrClO.C9H14O2/c1-3-25(31-2)22-9-6-19(22)15-30-16-27(17-32-26-11-7-20(28)14-24(26)30)12-4-5-18-13-21(29)8-10-23(18)27;20-15-3-6-18-14(10-15)7-9-19(12-22-18)8-1-2-13-11-16(21)4-5-17(13)19;1-3-9(11-2)8-5-4-7(8)6-10/h3,7-8,10-11,13-14,19,22,25H,1,4-6,9,12,15-17H2,2H3;3-6,10-11H,1-2,7-9,12H2;3,6-9H,1,4-5H2,2H3/t19-,22+,25-,27-;19-;7-,8+,9-/m000/s1. The normalized spacial score (nSPS) is 26.9. The average Bonchev–Trinajstić information content (AvgIpc) is 3.56. The third-order valence-electron chi connectivity index (χ3n) is 15.5. The van der Waals surface area contributed by atoms with Gasteiger partial charge >= 0.3 is 0 Å². The number of carbonyl (C=O) groups excluding carboxylic acids is 1. The number of hydrogen-bond donors (Lipinski definition) is 0. The van der Waals surface area contributed by atoms with Crippen molar-refractivity contribution in [2.75, 3.05) is 45.4 Å². The van der Waals surface area contributed by atoms with Gasteiger partial charge in [-0.1, -0.05) is 79.3 Å². The molecule has 10 rings (SSSR count). The molecule has 2 saturated carbocycles. The first-order valence-corrected chi connectivity index (χ1v) is 25.8. The lowest BCUT2D eigenvalue weighted by Gasteiger charge is -2.46. The molecule has 65 heavy (non-hydrogen) atoms. The molecule has 0 aromatic heterocycles. The number of aldehydes is 1. The third kappa shape index (κ3) is 10.5. The van der Waals surface area contributed by atoms with Gasteiger partial charge in [0.1, 0.15) is 17.8 Å². The summed E-state index contributed by atoms with van der Waals surface area (Å²) in [6.45, 7) is 11.1. The number of anilines is 1. The van der Waals surface area contributed by atoms with Crippen LogP contribution in [-0.4, -0.2) is 59.0 Å². The molecule has 0 radical (unpaired) electrons. The van der Waals surface area contributed by atoms with Crippen LogP contribution in [0.15, 0.2) is 107 Å². The number of methoxy groups -OCH3 is 2. The monoisotopic (exact) mass is 1050 g/mol. The maximum absolute atomic E-state index is 10.4. The number of carbonyl (C=O) groups is 1. The highest BCUT2D eigenvalue weighted by Gasteiger charge is 2.45. The summed E-state index contributed by atoms with van der Waals surface area (Å²) in [5, 5.41) is 1.67. The Morgan fingerprint density at radius 3 is 1.89 bits per heavy atom. The van der Waals surface area contributed by atoms with Crippen LogP contribution in [-0.2, 0) is 44.4 Å². The van der Waals surface area contributed by atoms with Gasteiger partial charge < -0.3 is 28.6 Å². The van der Waals surface area contributed by atoms with E-state index in [0.717, 1.165) is 101 Å². The predicted octanol–water partition coefficient (Wildman–Crippen LogP) is 13.9. The number of aryl methyl sites for hydroxylation is 3. The second-order valence-electron chi connectivity index (χ2n) is 19.1. The number of hydrogen-bond acceptors (Lipinski definition) is 6. The molecule has 2 aliphatic heterocycles. The SMILES string of the molecule is C=C[C@H](OC)[C@@H]1CC[C@H]1C=O.C=C[C@H](OC)[C@@H]1CC[C@H]1CN1C[C@@]2(CCCc3cc(Cl)ccc32)COc2ccc(Br)cc21.Clc1ccc2c(c1)CCC[C@@]21CCc2cc(Br)ccc2OC1. The van der Waals surface area contributed by atoms with E-state index >= 15 is 0 Å². The minimum absolute atomic E-state index is 0.0258. The molecule has 2 spiro atoms. The van der Waals surface area contributed by atoms with E-state index in [9.17, 15) is 4.79 Å². The average molecular weight is 1050 g/mol. The Morgan fingerprint density at radius 1 is 0.708 bits per heavy atom. The molecule has 6 nitrogen and oxygen atoms in total. The Hall–Kier alpha value is -3.11. The Balaban J connectivity index is 0.000000150. The molecule has 0 saturated heterocycles. The molecular formula is C55H63Br2Cl2NO5. The molecule has 8 atom stereocenters. The number of rotatable bonds is 9. The minimum atomic E-state index is -0.0258. The van der Waals surface area contributed by atoms with Crippen molar-refractivity contribution in [3.8, 4) is 11.5 Å². The zero-order valence-corrected chi connectivity index (χ0v) is 42.5. The summed E-state index contributed by atoms with van der Waals surface area (Å²) in [5.74, 6) is 3.74. The smallest absolute Gasteiger partial charge is 0.142 e. The third-order valence-corrected chi connectivity index (χ3v) is 16.9. The van der Waals surface area contributed by atoms with Gasteiger partial charge in [0.25, 0.3) is 0 Å². The molecule has 2 heterocycles. The van der Waals surface area contributed by atoms with Crippen molar-refractivity contribution >= 4 is 67.0 Å². The summed E-state index contributed by atoms with van der Waals surface area (Å²) in [5.41, 5.74) is 8.28. The predicted molar refractivity (Wildman–Crippen MR) is 272 cm³/mol. The first-order valence-electron chi connectivity index (χ1n) is 23.4. The summed E-state index contributed by atoms with van der Waals surface area (Å²) in [6.07, 6.45) is 18.7. The molecule has 0 amide bonds. The fourth-order valence-electron chi connectivity index (χ4n) is 11.6. The van der Waals surface area contributed by atoms with E-state index in [0.29, 0.717) is 24.4 Å². The van der Waals surface area contributed by atoms with E-state index in [1.54, 1.807) is 20.3 Å². The van der Waals surface area contributed by atoms with E-state index in [4.69, 9.17) is 42.1 Å². The van der Waals surface area contributed by atoms with Crippen molar-refractivity contribution in [1.82, 2.24) is 0 Å². The van der Waals surface area contributed by atoms with Crippen LogP contribution in [0.2, 0.25) is 10.0 Å². The van der Waals surface area contributed by atoms with Gasteiger partial charge in [0.05, 0.1) is 31.1 Å². The van der Waals surface area contributed by atoms with Crippen molar-refractivity contribution in [2.45, 2.75) is 100 Å². The van der Waals surface area contributed by atoms with Gasteiger partial charge in [-0.2, -0.15) is 0 Å². The van der Waals surface area contributed by atoms with Crippen LogP contribution >= 0.6 is 55.1 Å². The Morgan fingerprint density at radius 2 is 1.29 bits per heavy atom. The van der Waals surface area contributed by atoms with Gasteiger partial charge in [0.2, 0.25) is 0 Å². The molecule has 10 heteroatoms. The summed E-state index contributed by atoms with van der Waals surface area (Å²) in [7, 11) is 3.46. The molecule has 2 fully saturated rings. The Bertz CT molecular complexity index is 2340. The Kier molecular flexibility index (Phi) is 16.0. The van der Waals surface area contributed by atoms with Gasteiger partial charge in [-0.3, -0.25) is 0 Å². The minimum Gasteiger partial charge on any atom is -0.492 e. The van der Waals surface area contributed by atoms with Gasteiger partial charge in [-0.25, -0.2) is 0 Å². The van der Waals surface area contributed by atoms with Crippen LogP contribution in [0.5, 0.6) is 11.5 Å². The van der Waals surface area contributed by atoms with E-state index < -0.39 is 0 Å². The van der Waals surface area contributed by atoms with Crippen molar-refractivity contribution in [3.63, 3.8) is 0 Å². The highest BCUT2D eigenvalue weighted by Crippen LogP contribution is 2.48. The maximum Gasteiger partial charge on any atom is 0.142 e. The zero-order chi connectivity index (χ0) is 45.7. The van der Waals surface area contributed by atoms with Crippen LogP contribution in [0.1, 0.15) is 85.6 Å². The summed E-state index contributed by atoms with van der Waals surface area (Å²) >= 11 is 19.8. The highest BCUT2D eigenvalue weighted by atomic mass is 79.9.